The van der Waals surface area contributed by atoms with Gasteiger partial charge in [-0.25, -0.2) is 18.2 Å². The summed E-state index contributed by atoms with van der Waals surface area (Å²) in [5.74, 6) is -0.597. The Morgan fingerprint density at radius 3 is 2.33 bits per heavy atom. The van der Waals surface area contributed by atoms with Crippen LogP contribution >= 0.6 is 11.3 Å². The van der Waals surface area contributed by atoms with E-state index in [1.54, 1.807) is 19.2 Å². The summed E-state index contributed by atoms with van der Waals surface area (Å²) < 4.78 is 29.5. The molecule has 1 aliphatic carbocycles. The van der Waals surface area contributed by atoms with Crippen LogP contribution in [-0.4, -0.2) is 78.0 Å². The predicted molar refractivity (Wildman–Crippen MR) is 203 cm³/mol. The molecule has 52 heavy (non-hydrogen) atoms. The lowest BCUT2D eigenvalue weighted by Crippen LogP contribution is -2.58. The monoisotopic (exact) mass is 755 g/mol. The molecule has 1 aromatic heterocycles. The number of nitroso groups, excluding NO2 is 1. The highest BCUT2D eigenvalue weighted by atomic mass is 32.2. The number of nitrogens with zero attached hydrogens (tertiary/aromatic N) is 4. The highest BCUT2D eigenvalue weighted by Crippen LogP contribution is 2.28. The lowest BCUT2D eigenvalue weighted by Gasteiger charge is -2.33. The van der Waals surface area contributed by atoms with Crippen LogP contribution in [0.4, 0.5) is 4.79 Å². The van der Waals surface area contributed by atoms with Crippen molar-refractivity contribution in [3.63, 3.8) is 0 Å². The first kappa shape index (κ1) is 41.0. The van der Waals surface area contributed by atoms with E-state index in [1.165, 1.54) is 32.7 Å². The van der Waals surface area contributed by atoms with Crippen molar-refractivity contribution in [2.45, 2.75) is 102 Å². The van der Waals surface area contributed by atoms with Crippen LogP contribution in [0.25, 0.3) is 0 Å². The number of benzene rings is 2. The number of urea groups is 1. The Kier molecular flexibility index (Phi) is 15.3. The van der Waals surface area contributed by atoms with E-state index in [0.717, 1.165) is 36.3 Å². The molecule has 0 radical (unpaired) electrons. The van der Waals surface area contributed by atoms with Crippen molar-refractivity contribution >= 4 is 33.3 Å². The van der Waals surface area contributed by atoms with Gasteiger partial charge in [-0.1, -0.05) is 80.8 Å². The fourth-order valence-electron chi connectivity index (χ4n) is 6.37. The Morgan fingerprint density at radius 2 is 1.73 bits per heavy atom. The first-order chi connectivity index (χ1) is 24.8. The molecule has 0 aliphatic heterocycles. The third-order valence-corrected chi connectivity index (χ3v) is 12.6. The maximum Gasteiger partial charge on any atom is 0.318 e. The minimum Gasteiger partial charge on any atom is -0.390 e. The summed E-state index contributed by atoms with van der Waals surface area (Å²) in [6.07, 6.45) is 3.32. The highest BCUT2D eigenvalue weighted by molar-refractivity contribution is 7.89. The SMILES string of the molecule is CC[C@H](C)[C@H](NC(=O)N(C)Cc1csc([C@@H](C)N)n1)C(=O)N[C@@H](Cc1ccccc1)[C@H](O)CN(CC1CCCC1)S(=O)(=O)c1ccc(CN=O)cc1. The van der Waals surface area contributed by atoms with Crippen LogP contribution in [0.15, 0.2) is 70.0 Å². The Labute approximate surface area is 311 Å². The van der Waals surface area contributed by atoms with Crippen LogP contribution in [0.2, 0.25) is 0 Å². The topological polar surface area (TPSA) is 187 Å². The molecule has 3 amide bonds. The Morgan fingerprint density at radius 1 is 1.06 bits per heavy atom. The van der Waals surface area contributed by atoms with E-state index < -0.39 is 40.1 Å². The molecule has 1 saturated carbocycles. The molecule has 5 N–H and O–H groups in total. The molecule has 284 valence electrons. The zero-order valence-corrected chi connectivity index (χ0v) is 32.1. The minimum absolute atomic E-state index is 0.0473. The molecule has 13 nitrogen and oxygen atoms in total. The van der Waals surface area contributed by atoms with Gasteiger partial charge in [0.1, 0.15) is 17.6 Å². The third-order valence-electron chi connectivity index (χ3n) is 9.71. The van der Waals surface area contributed by atoms with Crippen molar-refractivity contribution in [3.05, 3.63) is 86.7 Å². The molecule has 1 heterocycles. The maximum absolute atomic E-state index is 14.1. The van der Waals surface area contributed by atoms with Gasteiger partial charge in [-0.2, -0.15) is 9.21 Å². The molecule has 1 fully saturated rings. The smallest absolute Gasteiger partial charge is 0.318 e. The van der Waals surface area contributed by atoms with E-state index in [4.69, 9.17) is 5.73 Å². The van der Waals surface area contributed by atoms with E-state index in [1.807, 2.05) is 56.5 Å². The van der Waals surface area contributed by atoms with Gasteiger partial charge < -0.3 is 26.4 Å². The molecule has 3 aromatic rings. The van der Waals surface area contributed by atoms with Gasteiger partial charge in [0.05, 0.1) is 35.3 Å². The van der Waals surface area contributed by atoms with Crippen LogP contribution in [0.1, 0.15) is 80.7 Å². The Bertz CT molecular complexity index is 1700. The summed E-state index contributed by atoms with van der Waals surface area (Å²) in [7, 11) is -2.44. The lowest BCUT2D eigenvalue weighted by molar-refractivity contribution is -0.125. The van der Waals surface area contributed by atoms with Gasteiger partial charge in [-0.05, 0) is 61.3 Å². The normalized spacial score (nSPS) is 16.5. The Hall–Kier alpha value is -3.76. The number of rotatable bonds is 19. The van der Waals surface area contributed by atoms with Crippen molar-refractivity contribution in [3.8, 4) is 0 Å². The average molecular weight is 756 g/mol. The first-order valence-corrected chi connectivity index (χ1v) is 20.3. The fourth-order valence-corrected chi connectivity index (χ4v) is 8.67. The summed E-state index contributed by atoms with van der Waals surface area (Å²) >= 11 is 1.43. The number of nitrogens with one attached hydrogen (secondary N) is 2. The van der Waals surface area contributed by atoms with Crippen molar-refractivity contribution in [1.29, 1.82) is 0 Å². The van der Waals surface area contributed by atoms with E-state index >= 15 is 0 Å². The Balaban J connectivity index is 1.56. The van der Waals surface area contributed by atoms with Crippen LogP contribution in [0.5, 0.6) is 0 Å². The predicted octanol–water partition coefficient (Wildman–Crippen LogP) is 4.95. The molecular weight excluding hydrogens is 703 g/mol. The number of carbonyl (C=O) groups excluding carboxylic acids is 2. The van der Waals surface area contributed by atoms with Gasteiger partial charge in [-0.15, -0.1) is 11.3 Å². The largest absolute Gasteiger partial charge is 0.390 e. The fraction of sp³-hybridized carbons (Fsp3) is 0.541. The number of thiazole rings is 1. The number of nitrogens with two attached hydrogens (primary N) is 1. The number of sulfonamides is 1. The van der Waals surface area contributed by atoms with E-state index in [9.17, 15) is 28.0 Å². The number of carbonyl (C=O) groups is 2. The van der Waals surface area contributed by atoms with Crippen LogP contribution < -0.4 is 16.4 Å². The quantitative estimate of drug-likeness (QED) is 0.124. The van der Waals surface area contributed by atoms with Gasteiger partial charge in [0.15, 0.2) is 0 Å². The lowest BCUT2D eigenvalue weighted by atomic mass is 9.96. The van der Waals surface area contributed by atoms with Gasteiger partial charge in [0.25, 0.3) is 0 Å². The van der Waals surface area contributed by atoms with Crippen molar-refractivity contribution < 1.29 is 23.1 Å². The number of amides is 3. The minimum atomic E-state index is -4.06. The summed E-state index contributed by atoms with van der Waals surface area (Å²) in [5, 5.41) is 23.2. The molecule has 5 atom stereocenters. The first-order valence-electron chi connectivity index (χ1n) is 17.9. The second-order valence-corrected chi connectivity index (χ2v) is 16.7. The molecule has 2 aromatic carbocycles. The standard InChI is InChI=1S/C37H53N7O6S2/c1-5-25(2)34(42-37(47)43(4)22-30-24-51-36(40-30)26(3)38)35(46)41-32(19-27-11-7-6-8-12-27)33(45)23-44(21-29-13-9-10-14-29)52(49,50)31-17-15-28(16-18-31)20-39-48/h6-8,11-12,15-18,24-26,29,32-34,45H,5,9-10,13-14,19-23,38H2,1-4H3,(H,41,46)(H,42,47)/t25-,26+,32-,33+,34-/m0/s1. The summed E-state index contributed by atoms with van der Waals surface area (Å²) in [6.45, 7) is 5.77. The number of aliphatic hydroxyl groups is 1. The second kappa shape index (κ2) is 19.4. The third kappa shape index (κ3) is 11.4. The number of hydrogen-bond donors (Lipinski definition) is 4. The van der Waals surface area contributed by atoms with Crippen molar-refractivity contribution in [1.82, 2.24) is 24.8 Å². The molecule has 0 saturated heterocycles. The highest BCUT2D eigenvalue weighted by Gasteiger charge is 2.35. The average Bonchev–Trinajstić information content (AvgIpc) is 3.83. The molecule has 4 rings (SSSR count). The summed E-state index contributed by atoms with van der Waals surface area (Å²) in [5.41, 5.74) is 8.07. The van der Waals surface area contributed by atoms with E-state index in [-0.39, 0.29) is 55.4 Å². The van der Waals surface area contributed by atoms with Crippen LogP contribution in [0, 0.1) is 16.7 Å². The number of aliphatic hydroxyl groups excluding tert-OH is 1. The van der Waals surface area contributed by atoms with E-state index in [0.29, 0.717) is 17.7 Å². The molecule has 0 bridgehead atoms. The van der Waals surface area contributed by atoms with Gasteiger partial charge in [0, 0.05) is 25.5 Å². The number of aromatic nitrogens is 1. The van der Waals surface area contributed by atoms with Crippen LogP contribution in [-0.2, 0) is 34.3 Å². The zero-order valence-electron chi connectivity index (χ0n) is 30.5. The zero-order chi connectivity index (χ0) is 37.8. The van der Waals surface area contributed by atoms with Crippen molar-refractivity contribution in [2.24, 2.45) is 22.7 Å². The van der Waals surface area contributed by atoms with Gasteiger partial charge in [0.2, 0.25) is 15.9 Å². The molecular formula is C37H53N7O6S2. The van der Waals surface area contributed by atoms with Crippen LogP contribution in [0.3, 0.4) is 0 Å². The van der Waals surface area contributed by atoms with Gasteiger partial charge >= 0.3 is 6.03 Å². The van der Waals surface area contributed by atoms with Crippen molar-refractivity contribution in [2.75, 3.05) is 20.1 Å². The van der Waals surface area contributed by atoms with Gasteiger partial charge in [-0.3, -0.25) is 4.79 Å². The second-order valence-electron chi connectivity index (χ2n) is 13.9. The summed E-state index contributed by atoms with van der Waals surface area (Å²) in [6, 6.07) is 12.9. The number of hydrogen-bond acceptors (Lipinski definition) is 10. The molecule has 1 aliphatic rings. The molecule has 15 heteroatoms. The molecule has 0 spiro atoms. The molecule has 0 unspecified atom stereocenters. The summed E-state index contributed by atoms with van der Waals surface area (Å²) in [4.78, 5) is 44.2. The maximum atomic E-state index is 14.1. The van der Waals surface area contributed by atoms with E-state index in [2.05, 4.69) is 20.8 Å².